The van der Waals surface area contributed by atoms with E-state index in [0.717, 1.165) is 5.56 Å². The Bertz CT molecular complexity index is 618. The molecule has 0 aliphatic carbocycles. The molecule has 0 aliphatic heterocycles. The summed E-state index contributed by atoms with van der Waals surface area (Å²) in [6, 6.07) is 5.78. The number of pyridine rings is 1. The number of hydrogen-bond acceptors (Lipinski definition) is 3. The van der Waals surface area contributed by atoms with Gasteiger partial charge in [-0.2, -0.15) is 0 Å². The summed E-state index contributed by atoms with van der Waals surface area (Å²) in [5.74, 6) is 0. The highest BCUT2D eigenvalue weighted by Gasteiger charge is 1.99. The van der Waals surface area contributed by atoms with Crippen LogP contribution in [0.1, 0.15) is 5.56 Å². The summed E-state index contributed by atoms with van der Waals surface area (Å²) in [4.78, 5) is 26.3. The van der Waals surface area contributed by atoms with Crippen LogP contribution in [0.3, 0.4) is 0 Å². The minimum atomic E-state index is -0.320. The number of nitrogens with zero attached hydrogens (tertiary/aromatic N) is 2. The number of hydrogen-bond donors (Lipinski definition) is 1. The maximum atomic E-state index is 11.4. The second-order valence-electron chi connectivity index (χ2n) is 3.22. The number of aromatic amines is 1. The number of H-pyrrole nitrogens is 1. The van der Waals surface area contributed by atoms with E-state index in [-0.39, 0.29) is 17.7 Å². The van der Waals surface area contributed by atoms with Gasteiger partial charge in [0.25, 0.3) is 11.1 Å². The fraction of sp³-hybridized carbons (Fsp3) is 0.100. The molecule has 2 aromatic rings. The molecule has 0 atom stereocenters. The van der Waals surface area contributed by atoms with E-state index in [0.29, 0.717) is 5.15 Å². The first kappa shape index (κ1) is 10.6. The number of aromatic nitrogens is 3. The minimum Gasteiger partial charge on any atom is -0.268 e. The first-order valence-electron chi connectivity index (χ1n) is 4.56. The van der Waals surface area contributed by atoms with Crippen molar-refractivity contribution in [1.82, 2.24) is 14.8 Å². The Hall–Kier alpha value is -1.88. The van der Waals surface area contributed by atoms with Crippen molar-refractivity contribution in [2.45, 2.75) is 6.54 Å². The zero-order valence-electron chi connectivity index (χ0n) is 8.18. The molecule has 82 valence electrons. The highest BCUT2D eigenvalue weighted by atomic mass is 35.5. The van der Waals surface area contributed by atoms with E-state index in [4.69, 9.17) is 11.6 Å². The molecular formula is C10H8ClN3O2. The molecule has 0 spiro atoms. The van der Waals surface area contributed by atoms with E-state index < -0.39 is 0 Å². The normalized spacial score (nSPS) is 10.3. The van der Waals surface area contributed by atoms with Crippen LogP contribution in [0.4, 0.5) is 0 Å². The highest BCUT2D eigenvalue weighted by molar-refractivity contribution is 6.29. The van der Waals surface area contributed by atoms with E-state index in [1.807, 2.05) is 0 Å². The summed E-state index contributed by atoms with van der Waals surface area (Å²) in [6.45, 7) is 0.261. The molecular weight excluding hydrogens is 230 g/mol. The third-order valence-corrected chi connectivity index (χ3v) is 2.23. The Morgan fingerprint density at radius 2 is 2.12 bits per heavy atom. The second kappa shape index (κ2) is 4.32. The molecule has 16 heavy (non-hydrogen) atoms. The van der Waals surface area contributed by atoms with Crippen molar-refractivity contribution in [3.05, 3.63) is 61.9 Å². The molecule has 2 aromatic heterocycles. The van der Waals surface area contributed by atoms with E-state index in [2.05, 4.69) is 10.1 Å². The van der Waals surface area contributed by atoms with Crippen molar-refractivity contribution >= 4 is 11.6 Å². The van der Waals surface area contributed by atoms with Crippen LogP contribution in [0.2, 0.25) is 5.15 Å². The standard InChI is InChI=1S/C10H8ClN3O2/c11-8-5-7(3-4-12-8)6-14-10(16)2-1-9(15)13-14/h1-5H,6H2,(H,13,15). The zero-order valence-corrected chi connectivity index (χ0v) is 8.94. The number of nitrogens with one attached hydrogen (secondary N) is 1. The Kier molecular flexibility index (Phi) is 2.87. The summed E-state index contributed by atoms with van der Waals surface area (Å²) < 4.78 is 1.22. The molecule has 2 heterocycles. The summed E-state index contributed by atoms with van der Waals surface area (Å²) in [5, 5.41) is 2.78. The Morgan fingerprint density at radius 1 is 1.31 bits per heavy atom. The van der Waals surface area contributed by atoms with Gasteiger partial charge in [0.05, 0.1) is 6.54 Å². The van der Waals surface area contributed by atoms with Gasteiger partial charge in [-0.05, 0) is 17.7 Å². The Morgan fingerprint density at radius 3 is 2.88 bits per heavy atom. The Balaban J connectivity index is 2.37. The van der Waals surface area contributed by atoms with Crippen molar-refractivity contribution in [2.24, 2.45) is 0 Å². The molecule has 0 saturated heterocycles. The van der Waals surface area contributed by atoms with E-state index >= 15 is 0 Å². The molecule has 5 nitrogen and oxygen atoms in total. The zero-order chi connectivity index (χ0) is 11.5. The SMILES string of the molecule is O=c1ccc(=O)n(Cc2ccnc(Cl)c2)[nH]1. The number of rotatable bonds is 2. The van der Waals surface area contributed by atoms with Crippen LogP contribution in [0.15, 0.2) is 40.1 Å². The first-order chi connectivity index (χ1) is 7.65. The smallest absolute Gasteiger partial charge is 0.265 e. The lowest BCUT2D eigenvalue weighted by Gasteiger charge is -2.04. The first-order valence-corrected chi connectivity index (χ1v) is 4.93. The summed E-state index contributed by atoms with van der Waals surface area (Å²) in [6.07, 6.45) is 1.55. The van der Waals surface area contributed by atoms with Crippen LogP contribution in [0, 0.1) is 0 Å². The molecule has 0 aromatic carbocycles. The lowest BCUT2D eigenvalue weighted by Crippen LogP contribution is -2.28. The predicted octanol–water partition coefficient (Wildman–Crippen LogP) is 0.633. The molecule has 0 aliphatic rings. The van der Waals surface area contributed by atoms with Crippen molar-refractivity contribution in [1.29, 1.82) is 0 Å². The monoisotopic (exact) mass is 237 g/mol. The summed E-state index contributed by atoms with van der Waals surface area (Å²) in [7, 11) is 0. The van der Waals surface area contributed by atoms with Gasteiger partial charge in [0.1, 0.15) is 5.15 Å². The second-order valence-corrected chi connectivity index (χ2v) is 3.61. The lowest BCUT2D eigenvalue weighted by atomic mass is 10.3. The Labute approximate surface area is 95.3 Å². The van der Waals surface area contributed by atoms with Gasteiger partial charge in [-0.1, -0.05) is 11.6 Å². The molecule has 0 unspecified atom stereocenters. The molecule has 6 heteroatoms. The van der Waals surface area contributed by atoms with Crippen LogP contribution in [0.5, 0.6) is 0 Å². The molecule has 0 saturated carbocycles. The van der Waals surface area contributed by atoms with Crippen molar-refractivity contribution in [2.75, 3.05) is 0 Å². The fourth-order valence-corrected chi connectivity index (χ4v) is 1.50. The van der Waals surface area contributed by atoms with Crippen LogP contribution in [-0.2, 0) is 6.54 Å². The molecule has 2 rings (SSSR count). The topological polar surface area (TPSA) is 67.8 Å². The van der Waals surface area contributed by atoms with Gasteiger partial charge >= 0.3 is 0 Å². The van der Waals surface area contributed by atoms with Crippen LogP contribution < -0.4 is 11.1 Å². The maximum absolute atomic E-state index is 11.4. The average molecular weight is 238 g/mol. The third kappa shape index (κ3) is 2.38. The highest BCUT2D eigenvalue weighted by Crippen LogP contribution is 2.06. The molecule has 1 N–H and O–H groups in total. The van der Waals surface area contributed by atoms with E-state index in [1.165, 1.54) is 16.8 Å². The van der Waals surface area contributed by atoms with Crippen LogP contribution in [-0.4, -0.2) is 14.8 Å². The largest absolute Gasteiger partial charge is 0.268 e. The minimum absolute atomic E-state index is 0.261. The van der Waals surface area contributed by atoms with Gasteiger partial charge in [0, 0.05) is 18.3 Å². The van der Waals surface area contributed by atoms with Gasteiger partial charge in [-0.15, -0.1) is 0 Å². The molecule has 0 amide bonds. The lowest BCUT2D eigenvalue weighted by molar-refractivity contribution is 0.627. The van der Waals surface area contributed by atoms with Crippen molar-refractivity contribution in [3.63, 3.8) is 0 Å². The summed E-state index contributed by atoms with van der Waals surface area (Å²) >= 11 is 5.71. The van der Waals surface area contributed by atoms with Gasteiger partial charge in [-0.3, -0.25) is 14.7 Å². The van der Waals surface area contributed by atoms with Gasteiger partial charge in [0.2, 0.25) is 0 Å². The summed E-state index contributed by atoms with van der Waals surface area (Å²) in [5.41, 5.74) is 0.205. The fourth-order valence-electron chi connectivity index (χ4n) is 1.30. The van der Waals surface area contributed by atoms with E-state index in [1.54, 1.807) is 18.3 Å². The maximum Gasteiger partial charge on any atom is 0.265 e. The molecule has 0 bridgehead atoms. The predicted molar refractivity (Wildman–Crippen MR) is 59.7 cm³/mol. The molecule has 0 fully saturated rings. The quantitative estimate of drug-likeness (QED) is 0.779. The van der Waals surface area contributed by atoms with Crippen molar-refractivity contribution in [3.8, 4) is 0 Å². The van der Waals surface area contributed by atoms with Crippen LogP contribution >= 0.6 is 11.6 Å². The molecule has 0 radical (unpaired) electrons. The van der Waals surface area contributed by atoms with Gasteiger partial charge in [-0.25, -0.2) is 9.67 Å². The average Bonchev–Trinajstić information content (AvgIpc) is 2.24. The third-order valence-electron chi connectivity index (χ3n) is 2.02. The number of halogens is 1. The van der Waals surface area contributed by atoms with Crippen molar-refractivity contribution < 1.29 is 0 Å². The van der Waals surface area contributed by atoms with E-state index in [9.17, 15) is 9.59 Å². The van der Waals surface area contributed by atoms with Crippen LogP contribution in [0.25, 0.3) is 0 Å². The van der Waals surface area contributed by atoms with Gasteiger partial charge < -0.3 is 0 Å². The van der Waals surface area contributed by atoms with Gasteiger partial charge in [0.15, 0.2) is 0 Å².